The first-order chi connectivity index (χ1) is 14.9. The van der Waals surface area contributed by atoms with E-state index in [0.717, 1.165) is 11.1 Å². The second kappa shape index (κ2) is 10.2. The van der Waals surface area contributed by atoms with E-state index in [-0.39, 0.29) is 25.0 Å². The van der Waals surface area contributed by atoms with Crippen LogP contribution in [0.3, 0.4) is 0 Å². The van der Waals surface area contributed by atoms with Crippen molar-refractivity contribution in [1.82, 2.24) is 10.5 Å². The molecule has 0 aliphatic rings. The molecule has 0 unspecified atom stereocenters. The maximum Gasteiger partial charge on any atom is 0.231 e. The van der Waals surface area contributed by atoms with Crippen LogP contribution in [0.4, 0.5) is 10.3 Å². The number of benzene rings is 2. The highest BCUT2D eigenvalue weighted by Crippen LogP contribution is 2.33. The van der Waals surface area contributed by atoms with E-state index in [1.165, 1.54) is 6.07 Å². The van der Waals surface area contributed by atoms with Crippen LogP contribution in [0.1, 0.15) is 25.1 Å². The van der Waals surface area contributed by atoms with Crippen LogP contribution in [0.2, 0.25) is 0 Å². The molecular weight excluding hydrogens is 399 g/mol. The summed E-state index contributed by atoms with van der Waals surface area (Å²) in [6.07, 6.45) is 0. The van der Waals surface area contributed by atoms with Crippen molar-refractivity contribution in [3.8, 4) is 11.1 Å². The highest BCUT2D eigenvalue weighted by Gasteiger charge is 2.27. The summed E-state index contributed by atoms with van der Waals surface area (Å²) in [6, 6.07) is 16.2. The monoisotopic (exact) mass is 426 g/mol. The number of nitrogens with one attached hydrogen (secondary N) is 3. The van der Waals surface area contributed by atoms with E-state index in [0.29, 0.717) is 30.3 Å². The van der Waals surface area contributed by atoms with Crippen molar-refractivity contribution >= 4 is 11.8 Å². The molecule has 0 bridgehead atoms. The van der Waals surface area contributed by atoms with Crippen LogP contribution in [0, 0.1) is 11.2 Å². The van der Waals surface area contributed by atoms with Crippen molar-refractivity contribution in [2.45, 2.75) is 19.3 Å². The van der Waals surface area contributed by atoms with Crippen LogP contribution < -0.4 is 10.6 Å². The number of aromatic nitrogens is 1. The third-order valence-electron chi connectivity index (χ3n) is 4.97. The second-order valence-electron chi connectivity index (χ2n) is 7.52. The molecule has 0 atom stereocenters. The topological polar surface area (TPSA) is 103 Å². The molecule has 0 saturated carbocycles. The molecule has 1 aromatic heterocycles. The normalized spacial score (nSPS) is 11.4. The summed E-state index contributed by atoms with van der Waals surface area (Å²) < 4.78 is 24.5. The zero-order valence-corrected chi connectivity index (χ0v) is 17.6. The fourth-order valence-corrected chi connectivity index (χ4v) is 3.12. The van der Waals surface area contributed by atoms with E-state index in [9.17, 15) is 4.39 Å². The number of ether oxygens (including phenoxy) is 1. The van der Waals surface area contributed by atoms with Crippen LogP contribution >= 0.6 is 0 Å². The fraction of sp³-hybridized carbons (Fsp3) is 0.304. The van der Waals surface area contributed by atoms with Gasteiger partial charge in [-0.05, 0) is 17.2 Å². The van der Waals surface area contributed by atoms with Gasteiger partial charge < -0.3 is 19.7 Å². The summed E-state index contributed by atoms with van der Waals surface area (Å²) in [4.78, 5) is 0. The van der Waals surface area contributed by atoms with Crippen LogP contribution in [0.5, 0.6) is 0 Å². The highest BCUT2D eigenvalue weighted by atomic mass is 19.1. The minimum atomic E-state index is -0.453. The van der Waals surface area contributed by atoms with E-state index in [2.05, 4.69) is 15.8 Å². The van der Waals surface area contributed by atoms with E-state index >= 15 is 0 Å². The number of aliphatic hydroxyl groups excluding tert-OH is 1. The van der Waals surface area contributed by atoms with Crippen LogP contribution in [0.25, 0.3) is 11.1 Å². The third kappa shape index (κ3) is 5.68. The van der Waals surface area contributed by atoms with Gasteiger partial charge in [0.2, 0.25) is 5.88 Å². The summed E-state index contributed by atoms with van der Waals surface area (Å²) in [5.41, 5.74) is 2.62. The fourth-order valence-electron chi connectivity index (χ4n) is 3.12. The molecule has 31 heavy (non-hydrogen) atoms. The Morgan fingerprint density at radius 2 is 1.90 bits per heavy atom. The van der Waals surface area contributed by atoms with E-state index in [4.69, 9.17) is 19.8 Å². The molecule has 8 heteroatoms. The lowest BCUT2D eigenvalue weighted by Crippen LogP contribution is -2.32. The molecule has 164 valence electrons. The van der Waals surface area contributed by atoms with Gasteiger partial charge >= 0.3 is 0 Å². The van der Waals surface area contributed by atoms with Gasteiger partial charge in [0.25, 0.3) is 0 Å². The van der Waals surface area contributed by atoms with Gasteiger partial charge in [0.15, 0.2) is 5.96 Å². The van der Waals surface area contributed by atoms with E-state index in [1.807, 2.05) is 44.2 Å². The van der Waals surface area contributed by atoms with Crippen molar-refractivity contribution in [3.05, 3.63) is 71.7 Å². The van der Waals surface area contributed by atoms with Crippen molar-refractivity contribution < 1.29 is 18.8 Å². The van der Waals surface area contributed by atoms with Gasteiger partial charge in [-0.15, -0.1) is 0 Å². The molecule has 0 amide bonds. The molecule has 0 saturated heterocycles. The molecule has 2 aromatic carbocycles. The Morgan fingerprint density at radius 3 is 2.61 bits per heavy atom. The van der Waals surface area contributed by atoms with Crippen molar-refractivity contribution in [2.24, 2.45) is 0 Å². The number of rotatable bonds is 9. The number of nitrogens with zero attached hydrogens (tertiary/aromatic N) is 1. The molecule has 0 fully saturated rings. The summed E-state index contributed by atoms with van der Waals surface area (Å²) in [5, 5.41) is 26.4. The highest BCUT2D eigenvalue weighted by molar-refractivity contribution is 5.89. The van der Waals surface area contributed by atoms with Gasteiger partial charge in [0, 0.05) is 23.6 Å². The standard InChI is InChI=1S/C23H27FN4O3/c1-23(2,17-9-7-16(8-10-17)18-5-3-4-6-19(18)24)20-15-21(31-28-20)27-22(25)26-11-13-30-14-12-29/h3-10,15,29H,11-14H2,1-2H3,(H3,25,26,27). The number of aliphatic hydroxyl groups is 1. The summed E-state index contributed by atoms with van der Waals surface area (Å²) in [6.45, 7) is 5.08. The van der Waals surface area contributed by atoms with Crippen molar-refractivity contribution in [2.75, 3.05) is 31.7 Å². The zero-order valence-electron chi connectivity index (χ0n) is 17.6. The summed E-state index contributed by atoms with van der Waals surface area (Å²) in [7, 11) is 0. The number of halogens is 1. The third-order valence-corrected chi connectivity index (χ3v) is 4.97. The molecule has 4 N–H and O–H groups in total. The lowest BCUT2D eigenvalue weighted by molar-refractivity contribution is 0.0958. The summed E-state index contributed by atoms with van der Waals surface area (Å²) in [5.74, 6) is 0.153. The molecule has 0 aliphatic heterocycles. The number of hydrogen-bond donors (Lipinski definition) is 4. The average molecular weight is 426 g/mol. The molecule has 0 aliphatic carbocycles. The Bertz CT molecular complexity index is 1000. The van der Waals surface area contributed by atoms with Gasteiger partial charge in [-0.25, -0.2) is 4.39 Å². The first kappa shape index (κ1) is 22.5. The zero-order chi connectivity index (χ0) is 22.3. The van der Waals surface area contributed by atoms with Crippen molar-refractivity contribution in [3.63, 3.8) is 0 Å². The van der Waals surface area contributed by atoms with Gasteiger partial charge in [-0.3, -0.25) is 10.7 Å². The SMILES string of the molecule is CC(C)(c1ccc(-c2ccccc2F)cc1)c1cc(NC(=N)NCCOCCO)on1. The lowest BCUT2D eigenvalue weighted by atomic mass is 9.81. The Hall–Kier alpha value is -3.23. The van der Waals surface area contributed by atoms with Gasteiger partial charge in [-0.1, -0.05) is 61.5 Å². The van der Waals surface area contributed by atoms with Crippen LogP contribution in [-0.2, 0) is 10.2 Å². The predicted molar refractivity (Wildman–Crippen MR) is 118 cm³/mol. The second-order valence-corrected chi connectivity index (χ2v) is 7.52. The van der Waals surface area contributed by atoms with E-state index in [1.54, 1.807) is 18.2 Å². The van der Waals surface area contributed by atoms with E-state index < -0.39 is 5.41 Å². The van der Waals surface area contributed by atoms with Crippen LogP contribution in [-0.4, -0.2) is 42.6 Å². The quantitative estimate of drug-likeness (QED) is 0.236. The molecule has 7 nitrogen and oxygen atoms in total. The van der Waals surface area contributed by atoms with Crippen molar-refractivity contribution in [1.29, 1.82) is 5.41 Å². The molecule has 0 radical (unpaired) electrons. The smallest absolute Gasteiger partial charge is 0.231 e. The van der Waals surface area contributed by atoms with Gasteiger partial charge in [0.1, 0.15) is 5.82 Å². The molecule has 1 heterocycles. The summed E-state index contributed by atoms with van der Waals surface area (Å²) >= 11 is 0. The number of hydrogen-bond acceptors (Lipinski definition) is 5. The average Bonchev–Trinajstić information content (AvgIpc) is 3.23. The molecule has 3 aromatic rings. The maximum atomic E-state index is 14.0. The minimum Gasteiger partial charge on any atom is -0.394 e. The molecule has 0 spiro atoms. The number of anilines is 1. The first-order valence-electron chi connectivity index (χ1n) is 10.0. The van der Waals surface area contributed by atoms with Gasteiger partial charge in [-0.2, -0.15) is 0 Å². The Morgan fingerprint density at radius 1 is 1.16 bits per heavy atom. The Balaban J connectivity index is 1.64. The Labute approximate surface area is 180 Å². The van der Waals surface area contributed by atoms with Gasteiger partial charge in [0.05, 0.1) is 25.5 Å². The first-order valence-corrected chi connectivity index (χ1v) is 10.0. The lowest BCUT2D eigenvalue weighted by Gasteiger charge is -2.22. The van der Waals surface area contributed by atoms with Crippen LogP contribution in [0.15, 0.2) is 59.1 Å². The number of guanidine groups is 1. The minimum absolute atomic E-state index is 0.0296. The Kier molecular flexibility index (Phi) is 7.38. The predicted octanol–water partition coefficient (Wildman–Crippen LogP) is 3.75. The largest absolute Gasteiger partial charge is 0.394 e. The molecule has 3 rings (SSSR count). The molecular formula is C23H27FN4O3. The maximum absolute atomic E-state index is 14.0.